The van der Waals surface area contributed by atoms with Gasteiger partial charge in [-0.2, -0.15) is 0 Å². The second kappa shape index (κ2) is 4.82. The molecule has 0 saturated heterocycles. The van der Waals surface area contributed by atoms with Gasteiger partial charge in [-0.05, 0) is 30.6 Å². The second-order valence-electron chi connectivity index (χ2n) is 5.51. The van der Waals surface area contributed by atoms with E-state index in [9.17, 15) is 4.79 Å². The van der Waals surface area contributed by atoms with Crippen LogP contribution in [0.5, 0.6) is 0 Å². The van der Waals surface area contributed by atoms with E-state index in [1.54, 1.807) is 0 Å². The van der Waals surface area contributed by atoms with Crippen LogP contribution < -0.4 is 5.32 Å². The number of rotatable bonds is 3. The second-order valence-corrected chi connectivity index (χ2v) is 5.51. The maximum absolute atomic E-state index is 11.5. The van der Waals surface area contributed by atoms with Crippen LogP contribution in [0, 0.1) is 11.3 Å². The molecule has 0 fully saturated rings. The first-order valence-electron chi connectivity index (χ1n) is 5.93. The highest BCUT2D eigenvalue weighted by Gasteiger charge is 2.27. The SMILES string of the molecule is CCCC(=O)NC1=CC(C)CC(C)(C)C1. The summed E-state index contributed by atoms with van der Waals surface area (Å²) >= 11 is 0. The predicted octanol–water partition coefficient (Wildman–Crippen LogP) is 3.24. The minimum absolute atomic E-state index is 0.161. The molecule has 0 heterocycles. The first-order chi connectivity index (χ1) is 6.93. The Balaban J connectivity index is 2.58. The van der Waals surface area contributed by atoms with Gasteiger partial charge in [-0.15, -0.1) is 0 Å². The van der Waals surface area contributed by atoms with Crippen molar-refractivity contribution < 1.29 is 4.79 Å². The quantitative estimate of drug-likeness (QED) is 0.759. The van der Waals surface area contributed by atoms with Crippen molar-refractivity contribution in [2.24, 2.45) is 11.3 Å². The average molecular weight is 209 g/mol. The topological polar surface area (TPSA) is 29.1 Å². The van der Waals surface area contributed by atoms with Crippen molar-refractivity contribution in [3.05, 3.63) is 11.8 Å². The van der Waals surface area contributed by atoms with E-state index in [4.69, 9.17) is 0 Å². The Bertz CT molecular complexity index is 266. The third-order valence-electron chi connectivity index (χ3n) is 2.81. The number of carbonyl (C=O) groups is 1. The summed E-state index contributed by atoms with van der Waals surface area (Å²) in [5.41, 5.74) is 1.44. The molecular weight excluding hydrogens is 186 g/mol. The molecule has 0 aromatic heterocycles. The fraction of sp³-hybridized carbons (Fsp3) is 0.769. The van der Waals surface area contributed by atoms with Crippen molar-refractivity contribution in [3.8, 4) is 0 Å². The molecule has 0 aromatic rings. The molecule has 1 rings (SSSR count). The zero-order valence-corrected chi connectivity index (χ0v) is 10.4. The highest BCUT2D eigenvalue weighted by atomic mass is 16.1. The van der Waals surface area contributed by atoms with Gasteiger partial charge in [0.05, 0.1) is 0 Å². The molecule has 1 unspecified atom stereocenters. The van der Waals surface area contributed by atoms with Crippen molar-refractivity contribution in [1.29, 1.82) is 0 Å². The molecule has 86 valence electrons. The number of amides is 1. The number of allylic oxidation sites excluding steroid dienone is 2. The van der Waals surface area contributed by atoms with E-state index in [2.05, 4.69) is 32.2 Å². The van der Waals surface area contributed by atoms with Crippen LogP contribution in [0.3, 0.4) is 0 Å². The lowest BCUT2D eigenvalue weighted by molar-refractivity contribution is -0.120. The fourth-order valence-corrected chi connectivity index (χ4v) is 2.48. The van der Waals surface area contributed by atoms with E-state index in [0.29, 0.717) is 17.8 Å². The van der Waals surface area contributed by atoms with E-state index in [0.717, 1.165) is 18.5 Å². The van der Waals surface area contributed by atoms with Crippen LogP contribution in [0.25, 0.3) is 0 Å². The van der Waals surface area contributed by atoms with Gasteiger partial charge in [0.2, 0.25) is 5.91 Å². The highest BCUT2D eigenvalue weighted by molar-refractivity contribution is 5.77. The summed E-state index contributed by atoms with van der Waals surface area (Å²) in [6.45, 7) is 8.78. The van der Waals surface area contributed by atoms with Gasteiger partial charge in [0.1, 0.15) is 0 Å². The molecule has 2 heteroatoms. The van der Waals surface area contributed by atoms with Crippen LogP contribution in [0.4, 0.5) is 0 Å². The van der Waals surface area contributed by atoms with Gasteiger partial charge in [0, 0.05) is 12.1 Å². The molecule has 15 heavy (non-hydrogen) atoms. The number of hydrogen-bond acceptors (Lipinski definition) is 1. The third-order valence-corrected chi connectivity index (χ3v) is 2.81. The van der Waals surface area contributed by atoms with Gasteiger partial charge in [0.15, 0.2) is 0 Å². The Hall–Kier alpha value is -0.790. The standard InChI is InChI=1S/C13H23NO/c1-5-6-12(15)14-11-7-10(2)8-13(3,4)9-11/h7,10H,5-6,8-9H2,1-4H3,(H,14,15). The zero-order valence-electron chi connectivity index (χ0n) is 10.4. The van der Waals surface area contributed by atoms with Crippen molar-refractivity contribution >= 4 is 5.91 Å². The molecule has 0 aromatic carbocycles. The minimum Gasteiger partial charge on any atom is -0.330 e. The summed E-state index contributed by atoms with van der Waals surface area (Å²) in [7, 11) is 0. The van der Waals surface area contributed by atoms with Crippen LogP contribution in [0.2, 0.25) is 0 Å². The summed E-state index contributed by atoms with van der Waals surface area (Å²) in [6, 6.07) is 0. The van der Waals surface area contributed by atoms with Crippen LogP contribution in [0.1, 0.15) is 53.4 Å². The summed E-state index contributed by atoms with van der Waals surface area (Å²) in [5.74, 6) is 0.735. The first kappa shape index (κ1) is 12.3. The van der Waals surface area contributed by atoms with Gasteiger partial charge in [-0.3, -0.25) is 4.79 Å². The Morgan fingerprint density at radius 3 is 2.80 bits per heavy atom. The largest absolute Gasteiger partial charge is 0.330 e. The van der Waals surface area contributed by atoms with Gasteiger partial charge >= 0.3 is 0 Å². The lowest BCUT2D eigenvalue weighted by atomic mass is 9.75. The van der Waals surface area contributed by atoms with Gasteiger partial charge in [0.25, 0.3) is 0 Å². The lowest BCUT2D eigenvalue weighted by Crippen LogP contribution is -2.30. The molecule has 0 spiro atoms. The van der Waals surface area contributed by atoms with Crippen LogP contribution >= 0.6 is 0 Å². The molecule has 2 nitrogen and oxygen atoms in total. The normalized spacial score (nSPS) is 24.5. The van der Waals surface area contributed by atoms with Crippen molar-refractivity contribution in [2.45, 2.75) is 53.4 Å². The Kier molecular flexibility index (Phi) is 3.95. The van der Waals surface area contributed by atoms with E-state index in [1.165, 1.54) is 6.42 Å². The Labute approximate surface area is 93.1 Å². The summed E-state index contributed by atoms with van der Waals surface area (Å²) < 4.78 is 0. The molecule has 1 N–H and O–H groups in total. The molecule has 0 bridgehead atoms. The number of nitrogens with one attached hydrogen (secondary N) is 1. The molecule has 1 atom stereocenters. The summed E-state index contributed by atoms with van der Waals surface area (Å²) in [6.07, 6.45) is 5.95. The average Bonchev–Trinajstić information content (AvgIpc) is 1.99. The number of hydrogen-bond donors (Lipinski definition) is 1. The predicted molar refractivity (Wildman–Crippen MR) is 63.3 cm³/mol. The molecule has 0 saturated carbocycles. The summed E-state index contributed by atoms with van der Waals surface area (Å²) in [5, 5.41) is 3.03. The van der Waals surface area contributed by atoms with Crippen molar-refractivity contribution in [3.63, 3.8) is 0 Å². The van der Waals surface area contributed by atoms with Gasteiger partial charge in [-0.25, -0.2) is 0 Å². The molecule has 0 aliphatic heterocycles. The highest BCUT2D eigenvalue weighted by Crippen LogP contribution is 2.36. The number of carbonyl (C=O) groups excluding carboxylic acids is 1. The smallest absolute Gasteiger partial charge is 0.224 e. The Morgan fingerprint density at radius 2 is 2.27 bits per heavy atom. The monoisotopic (exact) mass is 209 g/mol. The maximum atomic E-state index is 11.5. The molecule has 1 aliphatic carbocycles. The van der Waals surface area contributed by atoms with Gasteiger partial charge in [-0.1, -0.05) is 33.8 Å². The van der Waals surface area contributed by atoms with E-state index >= 15 is 0 Å². The summed E-state index contributed by atoms with van der Waals surface area (Å²) in [4.78, 5) is 11.5. The van der Waals surface area contributed by atoms with Crippen molar-refractivity contribution in [2.75, 3.05) is 0 Å². The van der Waals surface area contributed by atoms with Gasteiger partial charge < -0.3 is 5.32 Å². The minimum atomic E-state index is 0.161. The molecule has 0 radical (unpaired) electrons. The third kappa shape index (κ3) is 4.06. The van der Waals surface area contributed by atoms with E-state index in [-0.39, 0.29) is 5.91 Å². The molecular formula is C13H23NO. The Morgan fingerprint density at radius 1 is 1.60 bits per heavy atom. The van der Waals surface area contributed by atoms with E-state index < -0.39 is 0 Å². The molecule has 1 aliphatic rings. The van der Waals surface area contributed by atoms with Crippen LogP contribution in [-0.2, 0) is 4.79 Å². The first-order valence-corrected chi connectivity index (χ1v) is 5.93. The van der Waals surface area contributed by atoms with Crippen molar-refractivity contribution in [1.82, 2.24) is 5.32 Å². The maximum Gasteiger partial charge on any atom is 0.224 e. The van der Waals surface area contributed by atoms with Crippen LogP contribution in [0.15, 0.2) is 11.8 Å². The van der Waals surface area contributed by atoms with E-state index in [1.807, 2.05) is 6.92 Å². The fourth-order valence-electron chi connectivity index (χ4n) is 2.48. The lowest BCUT2D eigenvalue weighted by Gasteiger charge is -2.33. The molecule has 1 amide bonds. The van der Waals surface area contributed by atoms with Crippen LogP contribution in [-0.4, -0.2) is 5.91 Å². The zero-order chi connectivity index (χ0) is 11.5.